The first-order valence-electron chi connectivity index (χ1n) is 6.67. The van der Waals surface area contributed by atoms with Crippen LogP contribution in [-0.2, 0) is 13.0 Å². The first-order chi connectivity index (χ1) is 8.21. The lowest BCUT2D eigenvalue weighted by molar-refractivity contribution is 0.387. The molecule has 1 aromatic heterocycles. The van der Waals surface area contributed by atoms with Crippen LogP contribution in [0.3, 0.4) is 0 Å². The highest BCUT2D eigenvalue weighted by atomic mass is 15.2. The number of hydrogen-bond acceptors (Lipinski definition) is 3. The van der Waals surface area contributed by atoms with Crippen molar-refractivity contribution in [3.05, 3.63) is 18.2 Å². The zero-order valence-corrected chi connectivity index (χ0v) is 11.3. The number of aryl methyl sites for hydroxylation is 1. The van der Waals surface area contributed by atoms with E-state index in [4.69, 9.17) is 5.84 Å². The molecule has 0 saturated heterocycles. The molecule has 3 N–H and O–H groups in total. The van der Waals surface area contributed by atoms with Crippen molar-refractivity contribution in [2.24, 2.45) is 11.8 Å². The van der Waals surface area contributed by atoms with Crippen molar-refractivity contribution in [1.82, 2.24) is 15.0 Å². The monoisotopic (exact) mass is 238 g/mol. The second-order valence-electron chi connectivity index (χ2n) is 4.85. The normalized spacial score (nSPS) is 14.8. The maximum atomic E-state index is 5.63. The van der Waals surface area contributed by atoms with Crippen molar-refractivity contribution in [2.45, 2.75) is 59.0 Å². The lowest BCUT2D eigenvalue weighted by Gasteiger charge is -2.19. The molecule has 0 amide bonds. The number of nitrogens with zero attached hydrogens (tertiary/aromatic N) is 2. The molecule has 98 valence electrons. The van der Waals surface area contributed by atoms with E-state index in [-0.39, 0.29) is 0 Å². The Labute approximate surface area is 105 Å². The average molecular weight is 238 g/mol. The van der Waals surface area contributed by atoms with Crippen LogP contribution in [-0.4, -0.2) is 15.6 Å². The van der Waals surface area contributed by atoms with E-state index in [0.29, 0.717) is 12.0 Å². The van der Waals surface area contributed by atoms with Gasteiger partial charge >= 0.3 is 0 Å². The van der Waals surface area contributed by atoms with Gasteiger partial charge in [-0.3, -0.25) is 11.3 Å². The zero-order chi connectivity index (χ0) is 12.7. The summed E-state index contributed by atoms with van der Waals surface area (Å²) in [7, 11) is 0. The van der Waals surface area contributed by atoms with Crippen LogP contribution in [0.4, 0.5) is 0 Å². The van der Waals surface area contributed by atoms with E-state index in [1.807, 2.05) is 6.20 Å². The quantitative estimate of drug-likeness (QED) is 0.538. The molecule has 0 bridgehead atoms. The molecule has 0 saturated carbocycles. The standard InChI is InChI=1S/C13H26N4/c1-4-7-17-8-6-15-13(17)10-12(16-14)9-11(3)5-2/h6,8,11-12,16H,4-5,7,9-10,14H2,1-3H3. The molecule has 4 heteroatoms. The predicted octanol–water partition coefficient (Wildman–Crippen LogP) is 2.10. The van der Waals surface area contributed by atoms with Gasteiger partial charge in [-0.2, -0.15) is 0 Å². The van der Waals surface area contributed by atoms with Crippen molar-refractivity contribution in [3.63, 3.8) is 0 Å². The lowest BCUT2D eigenvalue weighted by Crippen LogP contribution is -2.38. The Hall–Kier alpha value is -0.870. The Morgan fingerprint density at radius 2 is 2.24 bits per heavy atom. The summed E-state index contributed by atoms with van der Waals surface area (Å²) in [5.41, 5.74) is 2.92. The Morgan fingerprint density at radius 1 is 1.47 bits per heavy atom. The average Bonchev–Trinajstić information content (AvgIpc) is 2.76. The van der Waals surface area contributed by atoms with Gasteiger partial charge in [0, 0.05) is 31.4 Å². The molecule has 2 atom stereocenters. The molecule has 0 spiro atoms. The predicted molar refractivity (Wildman–Crippen MR) is 71.4 cm³/mol. The Balaban J connectivity index is 2.57. The third-order valence-corrected chi connectivity index (χ3v) is 3.31. The van der Waals surface area contributed by atoms with Gasteiger partial charge in [0.05, 0.1) is 0 Å². The van der Waals surface area contributed by atoms with E-state index in [9.17, 15) is 0 Å². The summed E-state index contributed by atoms with van der Waals surface area (Å²) in [5, 5.41) is 0. The van der Waals surface area contributed by atoms with Crippen LogP contribution in [0.25, 0.3) is 0 Å². The molecule has 0 aliphatic heterocycles. The molecular formula is C13H26N4. The highest BCUT2D eigenvalue weighted by Gasteiger charge is 2.14. The SMILES string of the molecule is CCCn1ccnc1CC(CC(C)CC)NN. The summed E-state index contributed by atoms with van der Waals surface area (Å²) >= 11 is 0. The second-order valence-corrected chi connectivity index (χ2v) is 4.85. The van der Waals surface area contributed by atoms with E-state index in [1.54, 1.807) is 0 Å². The number of hydrogen-bond donors (Lipinski definition) is 2. The fraction of sp³-hybridized carbons (Fsp3) is 0.769. The van der Waals surface area contributed by atoms with Crippen molar-refractivity contribution < 1.29 is 0 Å². The fourth-order valence-electron chi connectivity index (χ4n) is 2.06. The van der Waals surface area contributed by atoms with Crippen LogP contribution < -0.4 is 11.3 Å². The smallest absolute Gasteiger partial charge is 0.110 e. The molecule has 1 heterocycles. The number of nitrogens with two attached hydrogens (primary N) is 1. The summed E-state index contributed by atoms with van der Waals surface area (Å²) in [4.78, 5) is 4.42. The van der Waals surface area contributed by atoms with Gasteiger partial charge in [-0.1, -0.05) is 27.2 Å². The summed E-state index contributed by atoms with van der Waals surface area (Å²) in [6.45, 7) is 7.71. The Morgan fingerprint density at radius 3 is 2.82 bits per heavy atom. The number of hydrazine groups is 1. The molecule has 1 aromatic rings. The van der Waals surface area contributed by atoms with Crippen molar-refractivity contribution in [1.29, 1.82) is 0 Å². The molecule has 0 aliphatic rings. The number of imidazole rings is 1. The summed E-state index contributed by atoms with van der Waals surface area (Å²) in [6, 6.07) is 0.322. The number of nitrogens with one attached hydrogen (secondary N) is 1. The molecule has 4 nitrogen and oxygen atoms in total. The third kappa shape index (κ3) is 4.48. The molecular weight excluding hydrogens is 212 g/mol. The van der Waals surface area contributed by atoms with Crippen molar-refractivity contribution in [2.75, 3.05) is 0 Å². The molecule has 0 fully saturated rings. The molecule has 0 aromatic carbocycles. The molecule has 0 aliphatic carbocycles. The van der Waals surface area contributed by atoms with Crippen LogP contribution in [0.1, 0.15) is 45.9 Å². The van der Waals surface area contributed by atoms with Gasteiger partial charge in [-0.25, -0.2) is 4.98 Å². The molecule has 17 heavy (non-hydrogen) atoms. The first-order valence-corrected chi connectivity index (χ1v) is 6.67. The van der Waals surface area contributed by atoms with Crippen LogP contribution in [0.15, 0.2) is 12.4 Å². The topological polar surface area (TPSA) is 55.9 Å². The largest absolute Gasteiger partial charge is 0.335 e. The zero-order valence-electron chi connectivity index (χ0n) is 11.3. The summed E-state index contributed by atoms with van der Waals surface area (Å²) in [5.74, 6) is 7.47. The van der Waals surface area contributed by atoms with Crippen molar-refractivity contribution in [3.8, 4) is 0 Å². The van der Waals surface area contributed by atoms with E-state index < -0.39 is 0 Å². The third-order valence-electron chi connectivity index (χ3n) is 3.31. The Bertz CT molecular complexity index is 308. The molecule has 1 rings (SSSR count). The van der Waals surface area contributed by atoms with Crippen LogP contribution in [0.5, 0.6) is 0 Å². The first kappa shape index (κ1) is 14.2. The fourth-order valence-corrected chi connectivity index (χ4v) is 2.06. The van der Waals surface area contributed by atoms with E-state index >= 15 is 0 Å². The summed E-state index contributed by atoms with van der Waals surface area (Å²) < 4.78 is 2.22. The number of rotatable bonds is 8. The van der Waals surface area contributed by atoms with E-state index in [1.165, 1.54) is 6.42 Å². The highest BCUT2D eigenvalue weighted by molar-refractivity contribution is 4.95. The maximum absolute atomic E-state index is 5.63. The van der Waals surface area contributed by atoms with Gasteiger partial charge in [0.1, 0.15) is 5.82 Å². The highest BCUT2D eigenvalue weighted by Crippen LogP contribution is 2.13. The van der Waals surface area contributed by atoms with E-state index in [0.717, 1.165) is 31.6 Å². The van der Waals surface area contributed by atoms with Gasteiger partial charge in [0.25, 0.3) is 0 Å². The van der Waals surface area contributed by atoms with Crippen LogP contribution in [0, 0.1) is 5.92 Å². The minimum Gasteiger partial charge on any atom is -0.335 e. The van der Waals surface area contributed by atoms with Gasteiger partial charge in [-0.15, -0.1) is 0 Å². The van der Waals surface area contributed by atoms with Crippen LogP contribution >= 0.6 is 0 Å². The molecule has 0 radical (unpaired) electrons. The lowest BCUT2D eigenvalue weighted by atomic mass is 9.97. The van der Waals surface area contributed by atoms with Gasteiger partial charge < -0.3 is 4.57 Å². The van der Waals surface area contributed by atoms with Gasteiger partial charge in [0.15, 0.2) is 0 Å². The summed E-state index contributed by atoms with van der Waals surface area (Å²) in [6.07, 6.45) is 8.27. The van der Waals surface area contributed by atoms with Crippen molar-refractivity contribution >= 4 is 0 Å². The maximum Gasteiger partial charge on any atom is 0.110 e. The van der Waals surface area contributed by atoms with Crippen LogP contribution in [0.2, 0.25) is 0 Å². The van der Waals surface area contributed by atoms with E-state index in [2.05, 4.69) is 41.9 Å². The Kier molecular flexibility index (Phi) is 6.22. The van der Waals surface area contributed by atoms with Gasteiger partial charge in [0.2, 0.25) is 0 Å². The molecule has 2 unspecified atom stereocenters. The number of aromatic nitrogens is 2. The minimum atomic E-state index is 0.322. The second kappa shape index (κ2) is 7.45. The minimum absolute atomic E-state index is 0.322. The van der Waals surface area contributed by atoms with Gasteiger partial charge in [-0.05, 0) is 18.8 Å².